The van der Waals surface area contributed by atoms with Gasteiger partial charge < -0.3 is 4.74 Å². The van der Waals surface area contributed by atoms with E-state index in [2.05, 4.69) is 6.58 Å². The molecular formula is C14H14F2O2. The topological polar surface area (TPSA) is 26.3 Å². The Morgan fingerprint density at radius 2 is 1.89 bits per heavy atom. The second kappa shape index (κ2) is 5.40. The summed E-state index contributed by atoms with van der Waals surface area (Å²) in [4.78, 5) is 12.1. The Morgan fingerprint density at radius 1 is 1.22 bits per heavy atom. The lowest BCUT2D eigenvalue weighted by Crippen LogP contribution is -2.25. The fraction of sp³-hybridized carbons (Fsp3) is 0.357. The highest BCUT2D eigenvalue weighted by Gasteiger charge is 2.27. The third-order valence-corrected chi connectivity index (χ3v) is 3.03. The lowest BCUT2D eigenvalue weighted by Gasteiger charge is -2.21. The highest BCUT2D eigenvalue weighted by atomic mass is 19.1. The van der Waals surface area contributed by atoms with Crippen LogP contribution in [0.1, 0.15) is 12.8 Å². The fourth-order valence-electron chi connectivity index (χ4n) is 2.08. The number of ether oxygens (including phenoxy) is 1. The first kappa shape index (κ1) is 12.9. The average molecular weight is 252 g/mol. The minimum Gasteiger partial charge on any atom is -0.381 e. The molecule has 0 spiro atoms. The van der Waals surface area contributed by atoms with E-state index in [0.717, 1.165) is 18.2 Å². The van der Waals surface area contributed by atoms with Gasteiger partial charge in [-0.05, 0) is 36.6 Å². The van der Waals surface area contributed by atoms with Gasteiger partial charge in [0.05, 0.1) is 5.57 Å². The van der Waals surface area contributed by atoms with E-state index in [9.17, 15) is 13.6 Å². The number of hydrogen-bond acceptors (Lipinski definition) is 2. The first-order chi connectivity index (χ1) is 8.58. The first-order valence-electron chi connectivity index (χ1n) is 5.85. The molecule has 1 heterocycles. The van der Waals surface area contributed by atoms with Crippen molar-refractivity contribution in [3.05, 3.63) is 47.6 Å². The average Bonchev–Trinajstić information content (AvgIpc) is 2.47. The Bertz CT molecular complexity index is 466. The smallest absolute Gasteiger partial charge is 0.169 e. The maximum atomic E-state index is 13.8. The van der Waals surface area contributed by atoms with E-state index in [1.807, 2.05) is 0 Å². The van der Waals surface area contributed by atoms with Crippen LogP contribution in [-0.2, 0) is 9.53 Å². The number of allylic oxidation sites excluding steroid dienone is 7. The Morgan fingerprint density at radius 3 is 2.56 bits per heavy atom. The summed E-state index contributed by atoms with van der Waals surface area (Å²) < 4.78 is 32.4. The van der Waals surface area contributed by atoms with Crippen LogP contribution in [0.3, 0.4) is 0 Å². The molecule has 1 aliphatic carbocycles. The summed E-state index contributed by atoms with van der Waals surface area (Å²) in [5, 5.41) is 0. The van der Waals surface area contributed by atoms with Crippen molar-refractivity contribution in [2.24, 2.45) is 5.92 Å². The van der Waals surface area contributed by atoms with Crippen LogP contribution in [0.2, 0.25) is 0 Å². The summed E-state index contributed by atoms with van der Waals surface area (Å²) >= 11 is 0. The fourth-order valence-corrected chi connectivity index (χ4v) is 2.08. The van der Waals surface area contributed by atoms with Crippen LogP contribution in [-0.4, -0.2) is 19.0 Å². The van der Waals surface area contributed by atoms with Crippen LogP contribution >= 0.6 is 0 Å². The second-order valence-corrected chi connectivity index (χ2v) is 4.41. The molecule has 2 nitrogen and oxygen atoms in total. The van der Waals surface area contributed by atoms with Crippen molar-refractivity contribution >= 4 is 5.78 Å². The molecular weight excluding hydrogens is 238 g/mol. The van der Waals surface area contributed by atoms with Gasteiger partial charge in [0.2, 0.25) is 0 Å². The zero-order valence-electron chi connectivity index (χ0n) is 9.92. The standard InChI is InChI=1S/C14H14F2O2/c1-9-6-11(15)8-12(13(16)7-9)14(17)10-2-4-18-5-3-10/h6-8,10H,1-5H2. The summed E-state index contributed by atoms with van der Waals surface area (Å²) in [6, 6.07) is 0. The summed E-state index contributed by atoms with van der Waals surface area (Å²) in [6.07, 6.45) is 4.23. The van der Waals surface area contributed by atoms with Crippen LogP contribution in [0.25, 0.3) is 0 Å². The minimum atomic E-state index is -0.722. The molecule has 4 heteroatoms. The molecule has 0 aromatic heterocycles. The molecule has 0 aromatic carbocycles. The Kier molecular flexibility index (Phi) is 3.87. The van der Waals surface area contributed by atoms with Gasteiger partial charge in [0.1, 0.15) is 11.7 Å². The largest absolute Gasteiger partial charge is 0.381 e. The molecule has 1 fully saturated rings. The Balaban J connectivity index is 2.25. The second-order valence-electron chi connectivity index (χ2n) is 4.41. The third-order valence-electron chi connectivity index (χ3n) is 3.03. The Hall–Kier alpha value is -1.55. The van der Waals surface area contributed by atoms with Gasteiger partial charge in [-0.2, -0.15) is 0 Å². The van der Waals surface area contributed by atoms with E-state index in [1.54, 1.807) is 0 Å². The quantitative estimate of drug-likeness (QED) is 0.754. The molecule has 0 radical (unpaired) electrons. The molecule has 0 aromatic rings. The van der Waals surface area contributed by atoms with E-state index in [1.165, 1.54) is 0 Å². The van der Waals surface area contributed by atoms with Crippen molar-refractivity contribution in [3.63, 3.8) is 0 Å². The molecule has 0 saturated carbocycles. The molecule has 0 N–H and O–H groups in total. The number of carbonyl (C=O) groups is 1. The van der Waals surface area contributed by atoms with Gasteiger partial charge in [-0.1, -0.05) is 6.58 Å². The number of Topliss-reactive ketones (excluding diaryl/α,β-unsaturated/α-hetero) is 1. The number of halogens is 2. The summed E-state index contributed by atoms with van der Waals surface area (Å²) in [6.45, 7) is 4.46. The lowest BCUT2D eigenvalue weighted by atomic mass is 9.90. The number of hydrogen-bond donors (Lipinski definition) is 0. The lowest BCUT2D eigenvalue weighted by molar-refractivity contribution is -0.121. The van der Waals surface area contributed by atoms with Crippen LogP contribution in [0.4, 0.5) is 8.78 Å². The number of ketones is 1. The van der Waals surface area contributed by atoms with Crippen molar-refractivity contribution < 1.29 is 18.3 Å². The van der Waals surface area contributed by atoms with Crippen LogP contribution < -0.4 is 0 Å². The molecule has 2 rings (SSSR count). The van der Waals surface area contributed by atoms with Crippen LogP contribution in [0.15, 0.2) is 47.6 Å². The van der Waals surface area contributed by atoms with Crippen molar-refractivity contribution in [1.29, 1.82) is 0 Å². The number of carbonyl (C=O) groups excluding carboxylic acids is 1. The van der Waals surface area contributed by atoms with Gasteiger partial charge >= 0.3 is 0 Å². The molecule has 2 aliphatic rings. The highest BCUT2D eigenvalue weighted by molar-refractivity contribution is 6.01. The van der Waals surface area contributed by atoms with Crippen LogP contribution in [0.5, 0.6) is 0 Å². The third kappa shape index (κ3) is 2.82. The predicted octanol–water partition coefficient (Wildman–Crippen LogP) is 3.19. The van der Waals surface area contributed by atoms with E-state index in [-0.39, 0.29) is 22.8 Å². The summed E-state index contributed by atoms with van der Waals surface area (Å²) in [5.74, 6) is -2.02. The van der Waals surface area contributed by atoms with Gasteiger partial charge in [-0.25, -0.2) is 8.78 Å². The minimum absolute atomic E-state index is 0.200. The van der Waals surface area contributed by atoms with Gasteiger partial charge in [-0.3, -0.25) is 4.79 Å². The summed E-state index contributed by atoms with van der Waals surface area (Å²) in [5.41, 5.74) is 0.00493. The van der Waals surface area contributed by atoms with E-state index < -0.39 is 11.7 Å². The SMILES string of the molecule is C=C1C=C(F)C=C(C(=O)C2CCOCC2)C(F)=C1. The molecule has 0 amide bonds. The van der Waals surface area contributed by atoms with Crippen LogP contribution in [0, 0.1) is 5.92 Å². The van der Waals surface area contributed by atoms with Gasteiger partial charge in [0.25, 0.3) is 0 Å². The van der Waals surface area contributed by atoms with E-state index in [0.29, 0.717) is 26.1 Å². The zero-order valence-corrected chi connectivity index (χ0v) is 9.92. The maximum Gasteiger partial charge on any atom is 0.169 e. The molecule has 96 valence electrons. The van der Waals surface area contributed by atoms with Gasteiger partial charge in [-0.15, -0.1) is 0 Å². The number of rotatable bonds is 2. The van der Waals surface area contributed by atoms with Crippen molar-refractivity contribution in [2.45, 2.75) is 12.8 Å². The van der Waals surface area contributed by atoms with E-state index >= 15 is 0 Å². The molecule has 0 unspecified atom stereocenters. The summed E-state index contributed by atoms with van der Waals surface area (Å²) in [7, 11) is 0. The van der Waals surface area contributed by atoms with E-state index in [4.69, 9.17) is 4.74 Å². The monoisotopic (exact) mass is 252 g/mol. The van der Waals surface area contributed by atoms with Crippen molar-refractivity contribution in [2.75, 3.05) is 13.2 Å². The predicted molar refractivity (Wildman–Crippen MR) is 64.2 cm³/mol. The molecule has 1 aliphatic heterocycles. The van der Waals surface area contributed by atoms with Gasteiger partial charge in [0, 0.05) is 19.1 Å². The highest BCUT2D eigenvalue weighted by Crippen LogP contribution is 2.28. The van der Waals surface area contributed by atoms with Crippen molar-refractivity contribution in [3.8, 4) is 0 Å². The zero-order chi connectivity index (χ0) is 13.1. The molecule has 0 bridgehead atoms. The normalized spacial score (nSPS) is 21.9. The van der Waals surface area contributed by atoms with Crippen molar-refractivity contribution in [1.82, 2.24) is 0 Å². The first-order valence-corrected chi connectivity index (χ1v) is 5.85. The molecule has 18 heavy (non-hydrogen) atoms. The maximum absolute atomic E-state index is 13.8. The molecule has 0 atom stereocenters. The Labute approximate surface area is 104 Å². The van der Waals surface area contributed by atoms with Gasteiger partial charge in [0.15, 0.2) is 5.78 Å². The molecule has 1 saturated heterocycles.